The topological polar surface area (TPSA) is 68.3 Å². The Hall–Kier alpha value is -3.80. The summed E-state index contributed by atoms with van der Waals surface area (Å²) in [6.45, 7) is 4.66. The predicted molar refractivity (Wildman–Crippen MR) is 150 cm³/mol. The molecule has 0 aliphatic carbocycles. The van der Waals surface area contributed by atoms with Crippen molar-refractivity contribution in [3.8, 4) is 0 Å². The van der Waals surface area contributed by atoms with Crippen molar-refractivity contribution < 1.29 is 19.2 Å². The fourth-order valence-electron chi connectivity index (χ4n) is 5.21. The molecule has 0 bridgehead atoms. The van der Waals surface area contributed by atoms with Crippen LogP contribution in [0, 0.1) is 0 Å². The van der Waals surface area contributed by atoms with E-state index in [9.17, 15) is 19.2 Å². The minimum absolute atomic E-state index is 0.00126. The van der Waals surface area contributed by atoms with Gasteiger partial charge in [0.05, 0.1) is 0 Å². The van der Waals surface area contributed by atoms with Gasteiger partial charge in [-0.2, -0.15) is 0 Å². The van der Waals surface area contributed by atoms with Crippen LogP contribution < -0.4 is 16.5 Å². The zero-order chi connectivity index (χ0) is 26.6. The molecule has 5 heteroatoms. The van der Waals surface area contributed by atoms with E-state index in [1.54, 1.807) is 20.8 Å². The van der Waals surface area contributed by atoms with Crippen LogP contribution in [0.5, 0.6) is 0 Å². The van der Waals surface area contributed by atoms with Gasteiger partial charge in [-0.25, -0.2) is 0 Å². The van der Waals surface area contributed by atoms with Crippen LogP contribution in [0.4, 0.5) is 0 Å². The van der Waals surface area contributed by atoms with Gasteiger partial charge in [0, 0.05) is 0 Å². The first-order valence-corrected chi connectivity index (χ1v) is 17.1. The van der Waals surface area contributed by atoms with Crippen molar-refractivity contribution >= 4 is 55.1 Å². The molecule has 4 rings (SSSR count). The number of Topliss-reactive ketones (excluding diaryl/α,β-unsaturated/α-hetero) is 3. The zero-order valence-corrected chi connectivity index (χ0v) is 23.7. The molecule has 0 fully saturated rings. The number of carbonyl (C=O) groups excluding carboxylic acids is 4. The first kappa shape index (κ1) is 26.3. The quantitative estimate of drug-likeness (QED) is 0.184. The number of hydrogen-bond donors (Lipinski definition) is 0. The van der Waals surface area contributed by atoms with Crippen molar-refractivity contribution in [2.75, 3.05) is 0 Å². The summed E-state index contributed by atoms with van der Waals surface area (Å²) in [4.78, 5) is 47.2. The van der Waals surface area contributed by atoms with Gasteiger partial charge in [0.1, 0.15) is 0 Å². The van der Waals surface area contributed by atoms with Crippen LogP contribution in [-0.4, -0.2) is 38.7 Å². The third kappa shape index (κ3) is 5.19. The van der Waals surface area contributed by atoms with Crippen molar-refractivity contribution in [2.45, 2.75) is 27.2 Å². The van der Waals surface area contributed by atoms with Gasteiger partial charge >= 0.3 is 221 Å². The van der Waals surface area contributed by atoms with Crippen molar-refractivity contribution in [1.29, 1.82) is 0 Å². The van der Waals surface area contributed by atoms with E-state index in [0.29, 0.717) is 23.1 Å². The number of rotatable bonds is 9. The zero-order valence-electron chi connectivity index (χ0n) is 21.2. The van der Waals surface area contributed by atoms with Crippen molar-refractivity contribution in [1.82, 2.24) is 0 Å². The van der Waals surface area contributed by atoms with Crippen molar-refractivity contribution in [3.05, 3.63) is 119 Å². The Morgan fingerprint density at radius 2 is 0.784 bits per heavy atom. The van der Waals surface area contributed by atoms with Crippen molar-refractivity contribution in [2.24, 2.45) is 0 Å². The van der Waals surface area contributed by atoms with E-state index in [0.717, 1.165) is 28.3 Å². The fourth-order valence-corrected chi connectivity index (χ4v) is 16.5. The van der Waals surface area contributed by atoms with E-state index >= 15 is 0 Å². The Kier molecular flexibility index (Phi) is 7.86. The van der Waals surface area contributed by atoms with Gasteiger partial charge in [0.2, 0.25) is 0 Å². The summed E-state index contributed by atoms with van der Waals surface area (Å²) in [7, 11) is 0. The maximum absolute atomic E-state index is 12.0. The van der Waals surface area contributed by atoms with Gasteiger partial charge < -0.3 is 0 Å². The van der Waals surface area contributed by atoms with Gasteiger partial charge in [-0.1, -0.05) is 0 Å². The number of ketones is 3. The second-order valence-corrected chi connectivity index (χ2v) is 18.7. The number of benzene rings is 4. The van der Waals surface area contributed by atoms with Crippen LogP contribution >= 0.6 is 0 Å². The van der Waals surface area contributed by atoms with Crippen LogP contribution in [0.15, 0.2) is 97.1 Å². The van der Waals surface area contributed by atoms with E-state index in [2.05, 4.69) is 12.1 Å². The SMILES string of the molecule is CC(=O)c1cc[c]([Ga-]([c]2ccc(CC=O)cc2)([c]2ccc(C(C)=O)cc2)[c]2ccc(C(C)=O)cc2)cc1. The second-order valence-electron chi connectivity index (χ2n) is 9.51. The molecule has 0 radical (unpaired) electrons. The van der Waals surface area contributed by atoms with Gasteiger partial charge in [-0.15, -0.1) is 0 Å². The van der Waals surface area contributed by atoms with E-state index < -0.39 is 15.0 Å². The van der Waals surface area contributed by atoms with E-state index in [1.165, 1.54) is 0 Å². The molecular formula is C32H28GaO4-. The van der Waals surface area contributed by atoms with Gasteiger partial charge in [0.15, 0.2) is 0 Å². The monoisotopic (exact) mass is 545 g/mol. The third-order valence-corrected chi connectivity index (χ3v) is 18.9. The average Bonchev–Trinajstić information content (AvgIpc) is 2.91. The molecule has 37 heavy (non-hydrogen) atoms. The standard InChI is InChI=1S/4C8H7O.Ga/c3*1-7(9)8-5-3-2-4-6-8;9-7-6-8-4-2-1-3-5-8;/h3*3-6H,1H3;2-5,7H,6H2;/q;;;;-1. The summed E-state index contributed by atoms with van der Waals surface area (Å²) in [5, 5.41) is 0. The predicted octanol–water partition coefficient (Wildman–Crippen LogP) is 3.41. The Morgan fingerprint density at radius 1 is 0.514 bits per heavy atom. The molecule has 0 unspecified atom stereocenters. The first-order chi connectivity index (χ1) is 17.8. The van der Waals surface area contributed by atoms with Gasteiger partial charge in [-0.05, 0) is 0 Å². The molecule has 0 aromatic heterocycles. The van der Waals surface area contributed by atoms with Crippen LogP contribution in [0.3, 0.4) is 0 Å². The van der Waals surface area contributed by atoms with Crippen LogP contribution in [0.25, 0.3) is 0 Å². The molecule has 0 aliphatic heterocycles. The summed E-state index contributed by atoms with van der Waals surface area (Å²) in [6, 6.07) is 31.7. The van der Waals surface area contributed by atoms with Crippen LogP contribution in [0.1, 0.15) is 57.4 Å². The molecular weight excluding hydrogens is 518 g/mol. The Balaban J connectivity index is 2.07. The minimum atomic E-state index is -3.92. The molecule has 0 atom stereocenters. The molecule has 4 nitrogen and oxygen atoms in total. The molecule has 0 saturated carbocycles. The molecule has 0 saturated heterocycles. The molecule has 4 aromatic carbocycles. The molecule has 0 N–H and O–H groups in total. The normalized spacial score (nSPS) is 11.1. The maximum atomic E-state index is 12.0. The van der Waals surface area contributed by atoms with E-state index in [1.807, 2.05) is 84.9 Å². The molecule has 0 heterocycles. The molecule has 4 aromatic rings. The molecule has 184 valence electrons. The summed E-state index contributed by atoms with van der Waals surface area (Å²) in [6.07, 6.45) is 1.24. The Labute approximate surface area is 220 Å². The molecule has 0 aliphatic rings. The van der Waals surface area contributed by atoms with E-state index in [-0.39, 0.29) is 17.3 Å². The summed E-state index contributed by atoms with van der Waals surface area (Å²) in [5.74, 6) is 0.00379. The van der Waals surface area contributed by atoms with Gasteiger partial charge in [-0.3, -0.25) is 0 Å². The third-order valence-electron chi connectivity index (χ3n) is 7.25. The van der Waals surface area contributed by atoms with E-state index in [4.69, 9.17) is 0 Å². The number of aldehydes is 1. The fraction of sp³-hybridized carbons (Fsp3) is 0.125. The average molecular weight is 546 g/mol. The molecule has 0 amide bonds. The molecule has 0 spiro atoms. The summed E-state index contributed by atoms with van der Waals surface area (Å²) >= 11 is -3.92. The Bertz CT molecular complexity index is 1310. The number of carbonyl (C=O) groups is 4. The van der Waals surface area contributed by atoms with Crippen LogP contribution in [-0.2, 0) is 11.2 Å². The second kappa shape index (κ2) is 11.1. The summed E-state index contributed by atoms with van der Waals surface area (Å²) < 4.78 is 4.53. The Morgan fingerprint density at radius 3 is 1.03 bits per heavy atom. The van der Waals surface area contributed by atoms with Crippen molar-refractivity contribution in [3.63, 3.8) is 0 Å². The summed E-state index contributed by atoms with van der Waals surface area (Å²) in [5.41, 5.74) is 2.86. The number of hydrogen-bond acceptors (Lipinski definition) is 4. The first-order valence-electron chi connectivity index (χ1n) is 12.3. The van der Waals surface area contributed by atoms with Crippen LogP contribution in [0.2, 0.25) is 0 Å². The van der Waals surface area contributed by atoms with Gasteiger partial charge in [0.25, 0.3) is 0 Å².